The quantitative estimate of drug-likeness (QED) is 0.308. The van der Waals surface area contributed by atoms with E-state index in [0.29, 0.717) is 0 Å². The fourth-order valence-corrected chi connectivity index (χ4v) is 1.44. The van der Waals surface area contributed by atoms with Gasteiger partial charge >= 0.3 is 41.7 Å². The number of hydrogen-bond donors (Lipinski definition) is 0. The third-order valence-electron chi connectivity index (χ3n) is 2.14. The first-order chi connectivity index (χ1) is 9.20. The Balaban J connectivity index is 0. The minimum absolute atomic E-state index is 0. The van der Waals surface area contributed by atoms with Crippen LogP contribution < -0.4 is 20.4 Å². The van der Waals surface area contributed by atoms with Gasteiger partial charge in [-0.25, -0.2) is 0 Å². The van der Waals surface area contributed by atoms with Crippen molar-refractivity contribution in [1.82, 2.24) is 9.80 Å². The molecule has 0 rings (SSSR count). The number of carbonyl (C=O) groups is 4. The van der Waals surface area contributed by atoms with Crippen LogP contribution >= 0.6 is 0 Å². The van der Waals surface area contributed by atoms with Crippen molar-refractivity contribution in [2.24, 2.45) is 0 Å². The van der Waals surface area contributed by atoms with Crippen molar-refractivity contribution in [3.8, 4) is 0 Å². The molecule has 0 bridgehead atoms. The molecule has 0 aliphatic heterocycles. The molecular formula is C10H12CeN2O8-. The predicted molar refractivity (Wildman–Crippen MR) is 52.9 cm³/mol. The Morgan fingerprint density at radius 1 is 0.571 bits per heavy atom. The summed E-state index contributed by atoms with van der Waals surface area (Å²) in [4.78, 5) is 43.4. The average molecular weight is 428 g/mol. The van der Waals surface area contributed by atoms with E-state index in [0.717, 1.165) is 9.80 Å². The molecule has 0 N–H and O–H groups in total. The van der Waals surface area contributed by atoms with Crippen LogP contribution in [-0.4, -0.2) is 72.9 Å². The van der Waals surface area contributed by atoms with Crippen LogP contribution in [0.25, 0.3) is 0 Å². The maximum Gasteiger partial charge on any atom is 3.00 e. The van der Waals surface area contributed by atoms with Gasteiger partial charge in [0.15, 0.2) is 0 Å². The average Bonchev–Trinajstić information content (AvgIpc) is 2.22. The third-order valence-corrected chi connectivity index (χ3v) is 2.14. The second-order valence-electron chi connectivity index (χ2n) is 3.91. The largest absolute Gasteiger partial charge is 3.00 e. The first-order valence-corrected chi connectivity index (χ1v) is 5.44. The molecule has 0 spiro atoms. The summed E-state index contributed by atoms with van der Waals surface area (Å²) in [6.07, 6.45) is 0. The van der Waals surface area contributed by atoms with E-state index in [1.165, 1.54) is 0 Å². The first kappa shape index (κ1) is 22.5. The Kier molecular flexibility index (Phi) is 12.6. The normalized spacial score (nSPS) is 10.2. The van der Waals surface area contributed by atoms with Crippen molar-refractivity contribution in [3.63, 3.8) is 0 Å². The van der Waals surface area contributed by atoms with Crippen molar-refractivity contribution in [2.75, 3.05) is 39.3 Å². The van der Waals surface area contributed by atoms with Crippen LogP contribution in [0.3, 0.4) is 0 Å². The number of aliphatic carboxylic acids is 4. The van der Waals surface area contributed by atoms with E-state index in [-0.39, 0.29) is 54.8 Å². The second kappa shape index (κ2) is 11.8. The van der Waals surface area contributed by atoms with Gasteiger partial charge in [-0.1, -0.05) is 0 Å². The van der Waals surface area contributed by atoms with Crippen LogP contribution in [0, 0.1) is 41.7 Å². The summed E-state index contributed by atoms with van der Waals surface area (Å²) in [5.41, 5.74) is 0. The molecule has 1 radical (unpaired) electrons. The second-order valence-corrected chi connectivity index (χ2v) is 3.91. The van der Waals surface area contributed by atoms with Crippen molar-refractivity contribution >= 4 is 23.9 Å². The zero-order valence-corrected chi connectivity index (χ0v) is 14.0. The van der Waals surface area contributed by atoms with Crippen LogP contribution in [-0.2, 0) is 19.2 Å². The molecule has 0 atom stereocenters. The molecule has 115 valence electrons. The molecule has 0 heterocycles. The van der Waals surface area contributed by atoms with Crippen LogP contribution in [0.5, 0.6) is 0 Å². The van der Waals surface area contributed by atoms with Crippen molar-refractivity contribution in [3.05, 3.63) is 0 Å². The molecule has 0 aromatic carbocycles. The van der Waals surface area contributed by atoms with Gasteiger partial charge in [0, 0.05) is 39.3 Å². The minimum Gasteiger partial charge on any atom is -0.549 e. The van der Waals surface area contributed by atoms with Gasteiger partial charge in [-0.05, 0) is 0 Å². The monoisotopic (exact) mass is 428 g/mol. The van der Waals surface area contributed by atoms with Gasteiger partial charge in [0.05, 0.1) is 23.9 Å². The number of hydrogen-bond acceptors (Lipinski definition) is 10. The minimum atomic E-state index is -1.53. The molecule has 10 nitrogen and oxygen atoms in total. The molecule has 21 heavy (non-hydrogen) atoms. The summed E-state index contributed by atoms with van der Waals surface area (Å²) in [5.74, 6) is -6.12. The SMILES string of the molecule is O=C([O-])CN(CCN(CC(=O)[O-])CC(=O)[O-])CC(=O)[O-].[Ce+3]. The molecule has 11 heteroatoms. The van der Waals surface area contributed by atoms with E-state index in [9.17, 15) is 39.6 Å². The summed E-state index contributed by atoms with van der Waals surface area (Å²) >= 11 is 0. The third kappa shape index (κ3) is 13.9. The molecule has 0 aromatic heterocycles. The van der Waals surface area contributed by atoms with Gasteiger partial charge < -0.3 is 39.6 Å². The molecule has 0 amide bonds. The smallest absolute Gasteiger partial charge is 0.549 e. The van der Waals surface area contributed by atoms with Gasteiger partial charge in [-0.3, -0.25) is 9.80 Å². The number of rotatable bonds is 11. The van der Waals surface area contributed by atoms with Crippen LogP contribution in [0.2, 0.25) is 0 Å². The number of carboxylic acid groups (broad SMARTS) is 4. The molecule has 0 aromatic rings. The summed E-state index contributed by atoms with van der Waals surface area (Å²) in [7, 11) is 0. The van der Waals surface area contributed by atoms with E-state index >= 15 is 0 Å². The van der Waals surface area contributed by atoms with E-state index < -0.39 is 50.1 Å². The summed E-state index contributed by atoms with van der Waals surface area (Å²) in [5, 5.41) is 41.6. The zero-order valence-electron chi connectivity index (χ0n) is 10.9. The number of carbonyl (C=O) groups excluding carboxylic acids is 4. The molecule has 0 saturated heterocycles. The van der Waals surface area contributed by atoms with Crippen molar-refractivity contribution < 1.29 is 81.4 Å². The maximum atomic E-state index is 10.4. The summed E-state index contributed by atoms with van der Waals surface area (Å²) in [6.45, 7) is -3.25. The summed E-state index contributed by atoms with van der Waals surface area (Å²) in [6, 6.07) is 0. The fourth-order valence-electron chi connectivity index (χ4n) is 1.44. The fraction of sp³-hybridized carbons (Fsp3) is 0.600. The van der Waals surface area contributed by atoms with Gasteiger partial charge in [0.25, 0.3) is 0 Å². The van der Waals surface area contributed by atoms with E-state index in [4.69, 9.17) is 0 Å². The van der Waals surface area contributed by atoms with Gasteiger partial charge in [-0.15, -0.1) is 0 Å². The Hall–Kier alpha value is -0.823. The van der Waals surface area contributed by atoms with Crippen molar-refractivity contribution in [1.29, 1.82) is 0 Å². The van der Waals surface area contributed by atoms with E-state index in [2.05, 4.69) is 0 Å². The molecule has 0 saturated carbocycles. The predicted octanol–water partition coefficient (Wildman–Crippen LogP) is -7.41. The van der Waals surface area contributed by atoms with Gasteiger partial charge in [-0.2, -0.15) is 0 Å². The topological polar surface area (TPSA) is 167 Å². The van der Waals surface area contributed by atoms with Gasteiger partial charge in [0.2, 0.25) is 0 Å². The number of carboxylic acids is 4. The van der Waals surface area contributed by atoms with Crippen LogP contribution in [0.1, 0.15) is 0 Å². The molecule has 0 fully saturated rings. The van der Waals surface area contributed by atoms with Gasteiger partial charge in [0.1, 0.15) is 0 Å². The Labute approximate surface area is 153 Å². The first-order valence-electron chi connectivity index (χ1n) is 5.44. The van der Waals surface area contributed by atoms with E-state index in [1.54, 1.807) is 0 Å². The Morgan fingerprint density at radius 2 is 0.762 bits per heavy atom. The Morgan fingerprint density at radius 3 is 0.905 bits per heavy atom. The van der Waals surface area contributed by atoms with Crippen LogP contribution in [0.15, 0.2) is 0 Å². The maximum absolute atomic E-state index is 10.4. The molecule has 0 aliphatic carbocycles. The number of nitrogens with zero attached hydrogens (tertiary/aromatic N) is 2. The molecule has 0 aliphatic rings. The Bertz CT molecular complexity index is 321. The standard InChI is InChI=1S/C10H16N2O8.Ce/c13-7(14)3-11(4-8(15)16)1-2-12(5-9(17)18)6-10(19)20;/h1-6H2,(H,13,14)(H,15,16)(H,17,18)(H,19,20);/q;+3/p-4. The van der Waals surface area contributed by atoms with Crippen molar-refractivity contribution in [2.45, 2.75) is 0 Å². The molecular weight excluding hydrogens is 416 g/mol. The van der Waals surface area contributed by atoms with Crippen LogP contribution in [0.4, 0.5) is 0 Å². The summed E-state index contributed by atoms with van der Waals surface area (Å²) < 4.78 is 0. The van der Waals surface area contributed by atoms with E-state index in [1.807, 2.05) is 0 Å². The zero-order chi connectivity index (χ0) is 15.7. The molecule has 0 unspecified atom stereocenters.